The standard InChI is InChI=1S/C15H22N4/c1-3-9-18(15-8-6-5-7-14(15)16)11-13-10-17-19(4-2)12-13/h5-8,10,12H,3-4,9,11,16H2,1-2H3. The van der Waals surface area contributed by atoms with E-state index >= 15 is 0 Å². The van der Waals surface area contributed by atoms with Crippen LogP contribution in [-0.2, 0) is 13.1 Å². The van der Waals surface area contributed by atoms with E-state index in [0.29, 0.717) is 0 Å². The number of hydrogen-bond acceptors (Lipinski definition) is 3. The van der Waals surface area contributed by atoms with E-state index in [9.17, 15) is 0 Å². The highest BCUT2D eigenvalue weighted by molar-refractivity contribution is 5.67. The number of nitrogens with two attached hydrogens (primary N) is 1. The predicted octanol–water partition coefficient (Wildman–Crippen LogP) is 2.90. The van der Waals surface area contributed by atoms with Gasteiger partial charge in [-0.1, -0.05) is 19.1 Å². The van der Waals surface area contributed by atoms with Gasteiger partial charge in [-0.2, -0.15) is 5.10 Å². The van der Waals surface area contributed by atoms with E-state index in [1.165, 1.54) is 5.56 Å². The smallest absolute Gasteiger partial charge is 0.0602 e. The minimum atomic E-state index is 0.832. The topological polar surface area (TPSA) is 47.1 Å². The molecule has 2 aromatic rings. The number of aryl methyl sites for hydroxylation is 1. The van der Waals surface area contributed by atoms with Crippen molar-refractivity contribution in [2.24, 2.45) is 0 Å². The van der Waals surface area contributed by atoms with E-state index in [4.69, 9.17) is 5.73 Å². The van der Waals surface area contributed by atoms with Gasteiger partial charge in [-0.25, -0.2) is 0 Å². The summed E-state index contributed by atoms with van der Waals surface area (Å²) < 4.78 is 1.95. The van der Waals surface area contributed by atoms with Crippen LogP contribution in [0.25, 0.3) is 0 Å². The van der Waals surface area contributed by atoms with E-state index in [2.05, 4.69) is 36.1 Å². The summed E-state index contributed by atoms with van der Waals surface area (Å²) in [6.07, 6.45) is 5.13. The fraction of sp³-hybridized carbons (Fsp3) is 0.400. The average molecular weight is 258 g/mol. The number of hydrogen-bond donors (Lipinski definition) is 1. The number of nitrogen functional groups attached to an aromatic ring is 1. The highest BCUT2D eigenvalue weighted by Gasteiger charge is 2.10. The third kappa shape index (κ3) is 3.28. The number of aromatic nitrogens is 2. The van der Waals surface area contributed by atoms with Crippen molar-refractivity contribution in [2.75, 3.05) is 17.2 Å². The fourth-order valence-corrected chi connectivity index (χ4v) is 2.21. The molecular weight excluding hydrogens is 236 g/mol. The van der Waals surface area contributed by atoms with Gasteiger partial charge < -0.3 is 10.6 Å². The Morgan fingerprint density at radius 1 is 1.26 bits per heavy atom. The summed E-state index contributed by atoms with van der Waals surface area (Å²) in [7, 11) is 0. The lowest BCUT2D eigenvalue weighted by molar-refractivity contribution is 0.658. The first kappa shape index (κ1) is 13.5. The fourth-order valence-electron chi connectivity index (χ4n) is 2.21. The van der Waals surface area contributed by atoms with Gasteiger partial charge in [0.15, 0.2) is 0 Å². The number of benzene rings is 1. The second-order valence-electron chi connectivity index (χ2n) is 4.68. The normalized spacial score (nSPS) is 10.6. The zero-order valence-electron chi connectivity index (χ0n) is 11.7. The lowest BCUT2D eigenvalue weighted by Crippen LogP contribution is -2.24. The zero-order valence-corrected chi connectivity index (χ0v) is 11.7. The van der Waals surface area contributed by atoms with Crippen molar-refractivity contribution in [1.82, 2.24) is 9.78 Å². The Labute approximate surface area is 114 Å². The molecule has 19 heavy (non-hydrogen) atoms. The molecule has 4 heteroatoms. The Kier molecular flexibility index (Phi) is 4.44. The molecule has 4 nitrogen and oxygen atoms in total. The average Bonchev–Trinajstić information content (AvgIpc) is 2.87. The monoisotopic (exact) mass is 258 g/mol. The van der Waals surface area contributed by atoms with Crippen molar-refractivity contribution in [3.05, 3.63) is 42.2 Å². The van der Waals surface area contributed by atoms with Crippen molar-refractivity contribution in [2.45, 2.75) is 33.4 Å². The van der Waals surface area contributed by atoms with E-state index in [0.717, 1.165) is 37.4 Å². The largest absolute Gasteiger partial charge is 0.397 e. The van der Waals surface area contributed by atoms with Crippen LogP contribution in [0.2, 0.25) is 0 Å². The molecule has 0 radical (unpaired) electrons. The maximum Gasteiger partial charge on any atom is 0.0602 e. The van der Waals surface area contributed by atoms with E-state index < -0.39 is 0 Å². The first-order chi connectivity index (χ1) is 9.24. The maximum absolute atomic E-state index is 6.07. The van der Waals surface area contributed by atoms with E-state index in [1.807, 2.05) is 29.1 Å². The van der Waals surface area contributed by atoms with Crippen molar-refractivity contribution in [3.63, 3.8) is 0 Å². The zero-order chi connectivity index (χ0) is 13.7. The summed E-state index contributed by atoms with van der Waals surface area (Å²) in [5.41, 5.74) is 9.23. The summed E-state index contributed by atoms with van der Waals surface area (Å²) >= 11 is 0. The van der Waals surface area contributed by atoms with E-state index in [-0.39, 0.29) is 0 Å². The summed E-state index contributed by atoms with van der Waals surface area (Å²) in [6, 6.07) is 8.03. The quantitative estimate of drug-likeness (QED) is 0.810. The van der Waals surface area contributed by atoms with Gasteiger partial charge in [-0.3, -0.25) is 4.68 Å². The van der Waals surface area contributed by atoms with Crippen LogP contribution >= 0.6 is 0 Å². The number of nitrogens with zero attached hydrogens (tertiary/aromatic N) is 3. The van der Waals surface area contributed by atoms with Crippen molar-refractivity contribution < 1.29 is 0 Å². The molecule has 0 saturated carbocycles. The van der Waals surface area contributed by atoms with Crippen LogP contribution in [0, 0.1) is 0 Å². The molecule has 0 aliphatic rings. The predicted molar refractivity (Wildman–Crippen MR) is 80.1 cm³/mol. The minimum Gasteiger partial charge on any atom is -0.397 e. The molecule has 0 saturated heterocycles. The first-order valence-electron chi connectivity index (χ1n) is 6.85. The third-order valence-electron chi connectivity index (χ3n) is 3.16. The first-order valence-corrected chi connectivity index (χ1v) is 6.85. The summed E-state index contributed by atoms with van der Waals surface area (Å²) in [4.78, 5) is 2.31. The molecule has 0 atom stereocenters. The summed E-state index contributed by atoms with van der Waals surface area (Å²) in [6.45, 7) is 7.02. The summed E-state index contributed by atoms with van der Waals surface area (Å²) in [5.74, 6) is 0. The Morgan fingerprint density at radius 2 is 2.05 bits per heavy atom. The van der Waals surface area contributed by atoms with Gasteiger partial charge in [-0.05, 0) is 25.5 Å². The Morgan fingerprint density at radius 3 is 2.68 bits per heavy atom. The molecule has 0 bridgehead atoms. The van der Waals surface area contributed by atoms with Crippen molar-refractivity contribution >= 4 is 11.4 Å². The SMILES string of the molecule is CCCN(Cc1cnn(CC)c1)c1ccccc1N. The molecule has 1 aromatic heterocycles. The molecule has 0 aliphatic heterocycles. The molecule has 0 spiro atoms. The molecule has 0 aliphatic carbocycles. The van der Waals surface area contributed by atoms with Crippen LogP contribution in [0.3, 0.4) is 0 Å². The molecular formula is C15H22N4. The van der Waals surface area contributed by atoms with E-state index in [1.54, 1.807) is 0 Å². The highest BCUT2D eigenvalue weighted by atomic mass is 15.3. The van der Waals surface area contributed by atoms with Gasteiger partial charge in [0.1, 0.15) is 0 Å². The second kappa shape index (κ2) is 6.27. The van der Waals surface area contributed by atoms with Crippen molar-refractivity contribution in [3.8, 4) is 0 Å². The third-order valence-corrected chi connectivity index (χ3v) is 3.16. The minimum absolute atomic E-state index is 0.832. The van der Waals surface area contributed by atoms with Gasteiger partial charge in [0.05, 0.1) is 17.6 Å². The Balaban J connectivity index is 2.18. The van der Waals surface area contributed by atoms with Gasteiger partial charge in [0.25, 0.3) is 0 Å². The van der Waals surface area contributed by atoms with Crippen LogP contribution in [0.5, 0.6) is 0 Å². The maximum atomic E-state index is 6.07. The molecule has 2 rings (SSSR count). The molecule has 0 amide bonds. The lowest BCUT2D eigenvalue weighted by atomic mass is 10.2. The molecule has 1 aromatic carbocycles. The van der Waals surface area contributed by atoms with Crippen LogP contribution < -0.4 is 10.6 Å². The lowest BCUT2D eigenvalue weighted by Gasteiger charge is -2.25. The summed E-state index contributed by atoms with van der Waals surface area (Å²) in [5, 5.41) is 4.32. The molecule has 0 fully saturated rings. The van der Waals surface area contributed by atoms with Crippen molar-refractivity contribution in [1.29, 1.82) is 0 Å². The van der Waals surface area contributed by atoms with Crippen LogP contribution in [0.1, 0.15) is 25.8 Å². The van der Waals surface area contributed by atoms with Gasteiger partial charge in [0.2, 0.25) is 0 Å². The van der Waals surface area contributed by atoms with Crippen LogP contribution in [0.15, 0.2) is 36.7 Å². The molecule has 0 unspecified atom stereocenters. The van der Waals surface area contributed by atoms with Gasteiger partial charge in [-0.15, -0.1) is 0 Å². The Hall–Kier alpha value is -1.97. The second-order valence-corrected chi connectivity index (χ2v) is 4.68. The number of para-hydroxylation sites is 2. The molecule has 2 N–H and O–H groups in total. The van der Waals surface area contributed by atoms with Gasteiger partial charge >= 0.3 is 0 Å². The molecule has 1 heterocycles. The highest BCUT2D eigenvalue weighted by Crippen LogP contribution is 2.24. The number of anilines is 2. The number of rotatable bonds is 6. The Bertz CT molecular complexity index is 518. The van der Waals surface area contributed by atoms with Crippen LogP contribution in [-0.4, -0.2) is 16.3 Å². The van der Waals surface area contributed by atoms with Gasteiger partial charge in [0, 0.05) is 31.4 Å². The van der Waals surface area contributed by atoms with Crippen LogP contribution in [0.4, 0.5) is 11.4 Å². The molecule has 102 valence electrons.